The Morgan fingerprint density at radius 3 is 2.38 bits per heavy atom. The van der Waals surface area contributed by atoms with E-state index in [1.807, 2.05) is 0 Å². The lowest BCUT2D eigenvalue weighted by Crippen LogP contribution is -2.30. The van der Waals surface area contributed by atoms with Crippen LogP contribution in [0.4, 0.5) is 22.0 Å². The minimum Gasteiger partial charge on any atom is -0.247 e. The van der Waals surface area contributed by atoms with Gasteiger partial charge in [0.2, 0.25) is 0 Å². The zero-order chi connectivity index (χ0) is 17.5. The number of hydrogen-bond acceptors (Lipinski definition) is 0. The Kier molecular flexibility index (Phi) is 4.89. The summed E-state index contributed by atoms with van der Waals surface area (Å²) in [4.78, 5) is 0. The molecular formula is C19H23F5. The van der Waals surface area contributed by atoms with Crippen molar-refractivity contribution in [3.05, 3.63) is 35.1 Å². The summed E-state index contributed by atoms with van der Waals surface area (Å²) in [6, 6.07) is 1.70. The van der Waals surface area contributed by atoms with Crippen LogP contribution in [0.25, 0.3) is 0 Å². The van der Waals surface area contributed by atoms with Gasteiger partial charge in [-0.3, -0.25) is 0 Å². The summed E-state index contributed by atoms with van der Waals surface area (Å²) in [6.07, 6.45) is 2.18. The highest BCUT2D eigenvalue weighted by molar-refractivity contribution is 5.25. The molecule has 3 rings (SSSR count). The van der Waals surface area contributed by atoms with Crippen molar-refractivity contribution in [1.82, 2.24) is 0 Å². The summed E-state index contributed by atoms with van der Waals surface area (Å²) < 4.78 is 70.1. The summed E-state index contributed by atoms with van der Waals surface area (Å²) in [6.45, 7) is 2.06. The van der Waals surface area contributed by atoms with Gasteiger partial charge in [0, 0.05) is 12.3 Å². The molecule has 2 aliphatic carbocycles. The average Bonchev–Trinajstić information content (AvgIpc) is 2.74. The van der Waals surface area contributed by atoms with Gasteiger partial charge in [0.15, 0.2) is 17.5 Å². The van der Waals surface area contributed by atoms with Gasteiger partial charge >= 0.3 is 0 Å². The second-order valence-corrected chi connectivity index (χ2v) is 7.53. The van der Waals surface area contributed by atoms with Gasteiger partial charge in [0.25, 0.3) is 0 Å². The summed E-state index contributed by atoms with van der Waals surface area (Å²) >= 11 is 0. The number of halogens is 5. The molecular weight excluding hydrogens is 323 g/mol. The first-order chi connectivity index (χ1) is 11.3. The van der Waals surface area contributed by atoms with Crippen molar-refractivity contribution < 1.29 is 22.0 Å². The Balaban J connectivity index is 1.81. The van der Waals surface area contributed by atoms with Crippen LogP contribution in [-0.4, -0.2) is 11.8 Å². The minimum absolute atomic E-state index is 0.0904. The van der Waals surface area contributed by atoms with Gasteiger partial charge in [-0.05, 0) is 55.2 Å². The second kappa shape index (κ2) is 6.64. The smallest absolute Gasteiger partial charge is 0.194 e. The monoisotopic (exact) mass is 346 g/mol. The normalized spacial score (nSPS) is 36.4. The van der Waals surface area contributed by atoms with Crippen LogP contribution >= 0.6 is 0 Å². The van der Waals surface area contributed by atoms with Crippen LogP contribution in [0.5, 0.6) is 0 Å². The van der Waals surface area contributed by atoms with Crippen LogP contribution < -0.4 is 0 Å². The van der Waals surface area contributed by atoms with E-state index in [4.69, 9.17) is 0 Å². The van der Waals surface area contributed by atoms with E-state index in [0.29, 0.717) is 25.2 Å². The van der Waals surface area contributed by atoms with Gasteiger partial charge in [-0.1, -0.05) is 19.8 Å². The van der Waals surface area contributed by atoms with Crippen LogP contribution in [-0.2, 0) is 0 Å². The first-order valence-electron chi connectivity index (χ1n) is 8.81. The highest BCUT2D eigenvalue weighted by Crippen LogP contribution is 2.53. The lowest BCUT2D eigenvalue weighted by Gasteiger charge is -2.26. The fourth-order valence-corrected chi connectivity index (χ4v) is 4.79. The number of rotatable bonds is 3. The van der Waals surface area contributed by atoms with Gasteiger partial charge in [-0.15, -0.1) is 0 Å². The Morgan fingerprint density at radius 1 is 1.08 bits per heavy atom. The largest absolute Gasteiger partial charge is 0.247 e. The molecule has 0 N–H and O–H groups in total. The second-order valence-electron chi connectivity index (χ2n) is 7.53. The SMILES string of the molecule is CCCC1CC2CCC(c3cc(F)c(F)c(F)c3)C(F)CC2(F)C1. The van der Waals surface area contributed by atoms with Gasteiger partial charge in [0.1, 0.15) is 11.8 Å². The van der Waals surface area contributed by atoms with Crippen molar-refractivity contribution in [3.8, 4) is 0 Å². The molecule has 134 valence electrons. The van der Waals surface area contributed by atoms with E-state index in [-0.39, 0.29) is 17.9 Å². The number of fused-ring (bicyclic) bond motifs is 1. The van der Waals surface area contributed by atoms with Crippen molar-refractivity contribution in [3.63, 3.8) is 0 Å². The van der Waals surface area contributed by atoms with Crippen LogP contribution in [0, 0.1) is 29.3 Å². The molecule has 5 unspecified atom stereocenters. The molecule has 2 fully saturated rings. The predicted molar refractivity (Wildman–Crippen MR) is 82.8 cm³/mol. The molecule has 2 aliphatic rings. The maximum absolute atomic E-state index is 15.3. The van der Waals surface area contributed by atoms with Crippen molar-refractivity contribution in [1.29, 1.82) is 0 Å². The third kappa shape index (κ3) is 3.18. The van der Waals surface area contributed by atoms with Crippen molar-refractivity contribution in [2.45, 2.75) is 69.6 Å². The van der Waals surface area contributed by atoms with E-state index in [9.17, 15) is 17.6 Å². The summed E-state index contributed by atoms with van der Waals surface area (Å²) in [7, 11) is 0. The van der Waals surface area contributed by atoms with Gasteiger partial charge in [-0.25, -0.2) is 22.0 Å². The van der Waals surface area contributed by atoms with Gasteiger partial charge < -0.3 is 0 Å². The molecule has 24 heavy (non-hydrogen) atoms. The maximum atomic E-state index is 15.3. The molecule has 1 aromatic carbocycles. The zero-order valence-corrected chi connectivity index (χ0v) is 13.8. The molecule has 0 heterocycles. The first kappa shape index (κ1) is 17.7. The van der Waals surface area contributed by atoms with Crippen molar-refractivity contribution >= 4 is 0 Å². The number of alkyl halides is 2. The molecule has 5 heteroatoms. The van der Waals surface area contributed by atoms with Crippen LogP contribution in [0.1, 0.15) is 63.4 Å². The number of hydrogen-bond donors (Lipinski definition) is 0. The van der Waals surface area contributed by atoms with Crippen molar-refractivity contribution in [2.24, 2.45) is 11.8 Å². The molecule has 0 spiro atoms. The lowest BCUT2D eigenvalue weighted by molar-refractivity contribution is 0.0713. The molecule has 0 nitrogen and oxygen atoms in total. The standard InChI is InChI=1S/C19H23F5/c1-2-3-11-6-13-4-5-14(17(22)10-19(13,24)9-11)12-7-15(20)18(23)16(21)8-12/h7-8,11,13-14,17H,2-6,9-10H2,1H3. The fourth-order valence-electron chi connectivity index (χ4n) is 4.79. The summed E-state index contributed by atoms with van der Waals surface area (Å²) in [5, 5.41) is 0. The van der Waals surface area contributed by atoms with E-state index in [0.717, 1.165) is 31.4 Å². The molecule has 5 atom stereocenters. The molecule has 0 aromatic heterocycles. The summed E-state index contributed by atoms with van der Waals surface area (Å²) in [5.74, 6) is -4.86. The third-order valence-electron chi connectivity index (χ3n) is 5.91. The number of benzene rings is 1. The molecule has 0 saturated heterocycles. The van der Waals surface area contributed by atoms with Gasteiger partial charge in [0.05, 0.1) is 0 Å². The van der Waals surface area contributed by atoms with Gasteiger partial charge in [-0.2, -0.15) is 0 Å². The topological polar surface area (TPSA) is 0 Å². The molecule has 1 aromatic rings. The maximum Gasteiger partial charge on any atom is 0.194 e. The van der Waals surface area contributed by atoms with E-state index in [1.54, 1.807) is 0 Å². The lowest BCUT2D eigenvalue weighted by atomic mass is 9.87. The minimum atomic E-state index is -1.55. The van der Waals surface area contributed by atoms with Crippen LogP contribution in [0.15, 0.2) is 12.1 Å². The highest BCUT2D eigenvalue weighted by atomic mass is 19.2. The molecule has 0 bridgehead atoms. The van der Waals surface area contributed by atoms with Crippen molar-refractivity contribution in [2.75, 3.05) is 0 Å². The van der Waals surface area contributed by atoms with E-state index < -0.39 is 35.2 Å². The molecule has 2 saturated carbocycles. The quantitative estimate of drug-likeness (QED) is 0.449. The Bertz CT molecular complexity index is 578. The first-order valence-corrected chi connectivity index (χ1v) is 8.81. The molecule has 0 amide bonds. The predicted octanol–water partition coefficient (Wildman–Crippen LogP) is 6.24. The Morgan fingerprint density at radius 2 is 1.75 bits per heavy atom. The zero-order valence-electron chi connectivity index (χ0n) is 13.8. The van der Waals surface area contributed by atoms with Crippen LogP contribution in [0.2, 0.25) is 0 Å². The molecule has 0 radical (unpaired) electrons. The molecule has 0 aliphatic heterocycles. The average molecular weight is 346 g/mol. The highest BCUT2D eigenvalue weighted by Gasteiger charge is 2.51. The Labute approximate surface area is 139 Å². The van der Waals surface area contributed by atoms with E-state index in [2.05, 4.69) is 6.92 Å². The Hall–Kier alpha value is -1.13. The third-order valence-corrected chi connectivity index (χ3v) is 5.91. The van der Waals surface area contributed by atoms with E-state index >= 15 is 4.39 Å². The van der Waals surface area contributed by atoms with Crippen LogP contribution in [0.3, 0.4) is 0 Å². The van der Waals surface area contributed by atoms with E-state index in [1.165, 1.54) is 0 Å². The summed E-state index contributed by atoms with van der Waals surface area (Å²) in [5.41, 5.74) is -1.43. The fraction of sp³-hybridized carbons (Fsp3) is 0.684.